The number of nitrogens with one attached hydrogen (secondary N) is 3. The number of halogens is 1. The van der Waals surface area contributed by atoms with Gasteiger partial charge in [0.15, 0.2) is 0 Å². The van der Waals surface area contributed by atoms with Gasteiger partial charge in [-0.25, -0.2) is 9.18 Å². The minimum Gasteiger partial charge on any atom is -0.478 e. The molecule has 0 radical (unpaired) electrons. The zero-order valence-corrected chi connectivity index (χ0v) is 23.2. The summed E-state index contributed by atoms with van der Waals surface area (Å²) in [5.74, 6) is -2.85. The average Bonchev–Trinajstić information content (AvgIpc) is 2.98. The summed E-state index contributed by atoms with van der Waals surface area (Å²) in [6.07, 6.45) is 1.45. The third-order valence-corrected chi connectivity index (χ3v) is 6.98. The van der Waals surface area contributed by atoms with Crippen molar-refractivity contribution in [2.75, 3.05) is 10.6 Å². The van der Waals surface area contributed by atoms with Crippen molar-refractivity contribution in [1.82, 2.24) is 5.32 Å². The van der Waals surface area contributed by atoms with E-state index in [0.29, 0.717) is 27.4 Å². The molecule has 10 heteroatoms. The first kappa shape index (κ1) is 29.8. The van der Waals surface area contributed by atoms with E-state index in [1.165, 1.54) is 66.4 Å². The number of carbonyl (C=O) groups is 4. The largest absolute Gasteiger partial charge is 0.478 e. The number of anilines is 2. The maximum absolute atomic E-state index is 13.4. The zero-order valence-electron chi connectivity index (χ0n) is 22.3. The molecular formula is C32H26FN3O5S. The monoisotopic (exact) mass is 583 g/mol. The Kier molecular flexibility index (Phi) is 9.85. The second kappa shape index (κ2) is 13.9. The zero-order chi connectivity index (χ0) is 30.1. The lowest BCUT2D eigenvalue weighted by atomic mass is 10.1. The van der Waals surface area contributed by atoms with Crippen LogP contribution in [0.25, 0.3) is 6.08 Å². The number of hydrogen-bond donors (Lipinski definition) is 4. The molecule has 4 rings (SSSR count). The highest BCUT2D eigenvalue weighted by molar-refractivity contribution is 8.00. The Hall–Kier alpha value is -5.22. The van der Waals surface area contributed by atoms with Crippen LogP contribution in [0.2, 0.25) is 0 Å². The number of benzene rings is 4. The van der Waals surface area contributed by atoms with Crippen molar-refractivity contribution in [3.63, 3.8) is 0 Å². The van der Waals surface area contributed by atoms with Gasteiger partial charge in [0.2, 0.25) is 5.91 Å². The van der Waals surface area contributed by atoms with Crippen LogP contribution in [0, 0.1) is 5.82 Å². The fourth-order valence-corrected chi connectivity index (χ4v) is 4.64. The summed E-state index contributed by atoms with van der Waals surface area (Å²) in [5, 5.41) is 16.7. The summed E-state index contributed by atoms with van der Waals surface area (Å²) >= 11 is 1.26. The Morgan fingerprint density at radius 2 is 1.48 bits per heavy atom. The molecule has 0 aliphatic heterocycles. The third-order valence-electron chi connectivity index (χ3n) is 5.88. The number of carboxylic acid groups (broad SMARTS) is 1. The molecule has 1 unspecified atom stereocenters. The average molecular weight is 584 g/mol. The Morgan fingerprint density at radius 3 is 2.14 bits per heavy atom. The number of aromatic carboxylic acids is 1. The van der Waals surface area contributed by atoms with E-state index in [-0.39, 0.29) is 17.2 Å². The Morgan fingerprint density at radius 1 is 0.786 bits per heavy atom. The summed E-state index contributed by atoms with van der Waals surface area (Å²) < 4.78 is 13.4. The van der Waals surface area contributed by atoms with Crippen LogP contribution in [0.1, 0.15) is 33.2 Å². The summed E-state index contributed by atoms with van der Waals surface area (Å²) in [5.41, 5.74) is 1.84. The minimum atomic E-state index is -1.06. The van der Waals surface area contributed by atoms with Gasteiger partial charge in [0.05, 0.1) is 10.8 Å². The maximum atomic E-state index is 13.4. The predicted octanol–water partition coefficient (Wildman–Crippen LogP) is 6.05. The quantitative estimate of drug-likeness (QED) is 0.133. The second-order valence-corrected chi connectivity index (χ2v) is 10.5. The molecule has 3 amide bonds. The van der Waals surface area contributed by atoms with Gasteiger partial charge in [-0.3, -0.25) is 14.4 Å². The van der Waals surface area contributed by atoms with Gasteiger partial charge in [-0.05, 0) is 85.3 Å². The number of carboxylic acids is 1. The van der Waals surface area contributed by atoms with Crippen molar-refractivity contribution in [3.8, 4) is 0 Å². The molecule has 0 bridgehead atoms. The van der Waals surface area contributed by atoms with Crippen molar-refractivity contribution in [2.24, 2.45) is 0 Å². The maximum Gasteiger partial charge on any atom is 0.335 e. The highest BCUT2D eigenvalue weighted by atomic mass is 32.2. The van der Waals surface area contributed by atoms with Crippen LogP contribution in [0.5, 0.6) is 0 Å². The minimum absolute atomic E-state index is 0.0461. The Bertz CT molecular complexity index is 1620. The van der Waals surface area contributed by atoms with Gasteiger partial charge in [-0.1, -0.05) is 36.4 Å². The van der Waals surface area contributed by atoms with Gasteiger partial charge >= 0.3 is 5.97 Å². The van der Waals surface area contributed by atoms with Gasteiger partial charge < -0.3 is 21.1 Å². The number of rotatable bonds is 10. The molecule has 8 nitrogen and oxygen atoms in total. The number of amides is 3. The van der Waals surface area contributed by atoms with Crippen molar-refractivity contribution in [1.29, 1.82) is 0 Å². The molecule has 0 aliphatic rings. The highest BCUT2D eigenvalue weighted by Gasteiger charge is 2.18. The molecule has 0 saturated heterocycles. The smallest absolute Gasteiger partial charge is 0.335 e. The van der Waals surface area contributed by atoms with E-state index in [0.717, 1.165) is 0 Å². The summed E-state index contributed by atoms with van der Waals surface area (Å²) in [6.45, 7) is 1.72. The molecule has 212 valence electrons. The molecule has 0 aliphatic carbocycles. The van der Waals surface area contributed by atoms with Crippen molar-refractivity contribution in [3.05, 3.63) is 131 Å². The van der Waals surface area contributed by atoms with E-state index >= 15 is 0 Å². The standard InChI is InChI=1S/C32H26FN3O5S/c1-20(29(37)34-25-16-12-23(13-17-25)32(40)41)42-27-9-5-8-26(19-27)35-31(39)28(18-21-10-14-24(33)15-11-21)36-30(38)22-6-3-2-4-7-22/h2-20H,1H3,(H,34,37)(H,35,39)(H,36,38)(H,40,41)/b28-18-. The van der Waals surface area contributed by atoms with Crippen molar-refractivity contribution in [2.45, 2.75) is 17.1 Å². The SMILES string of the molecule is CC(Sc1cccc(NC(=O)/C(=C/c2ccc(F)cc2)NC(=O)c2ccccc2)c1)C(=O)Nc1ccc(C(=O)O)cc1. The van der Waals surface area contributed by atoms with Crippen LogP contribution >= 0.6 is 11.8 Å². The van der Waals surface area contributed by atoms with E-state index in [2.05, 4.69) is 16.0 Å². The normalized spacial score (nSPS) is 11.7. The van der Waals surface area contributed by atoms with Gasteiger partial charge in [-0.15, -0.1) is 11.8 Å². The van der Waals surface area contributed by atoms with Crippen LogP contribution < -0.4 is 16.0 Å². The van der Waals surface area contributed by atoms with E-state index < -0.39 is 28.9 Å². The lowest BCUT2D eigenvalue weighted by molar-refractivity contribution is -0.115. The fourth-order valence-electron chi connectivity index (χ4n) is 3.71. The van der Waals surface area contributed by atoms with Crippen LogP contribution in [0.4, 0.5) is 15.8 Å². The lowest BCUT2D eigenvalue weighted by Crippen LogP contribution is -2.30. The molecule has 0 aromatic heterocycles. The summed E-state index contributed by atoms with van der Waals surface area (Å²) in [4.78, 5) is 50.5. The topological polar surface area (TPSA) is 125 Å². The van der Waals surface area contributed by atoms with Gasteiger partial charge in [0.1, 0.15) is 11.5 Å². The molecule has 42 heavy (non-hydrogen) atoms. The van der Waals surface area contributed by atoms with Gasteiger partial charge in [0.25, 0.3) is 11.8 Å². The van der Waals surface area contributed by atoms with Gasteiger partial charge in [0, 0.05) is 21.8 Å². The Balaban J connectivity index is 1.45. The first-order valence-electron chi connectivity index (χ1n) is 12.7. The number of carbonyl (C=O) groups excluding carboxylic acids is 3. The van der Waals surface area contributed by atoms with Crippen LogP contribution in [-0.4, -0.2) is 34.0 Å². The molecule has 4 aromatic rings. The number of hydrogen-bond acceptors (Lipinski definition) is 5. The fraction of sp³-hybridized carbons (Fsp3) is 0.0625. The first-order valence-corrected chi connectivity index (χ1v) is 13.6. The molecule has 4 aromatic carbocycles. The van der Waals surface area contributed by atoms with Gasteiger partial charge in [-0.2, -0.15) is 0 Å². The summed E-state index contributed by atoms with van der Waals surface area (Å²) in [6, 6.07) is 26.6. The molecule has 1 atom stereocenters. The lowest BCUT2D eigenvalue weighted by Gasteiger charge is -2.14. The van der Waals surface area contributed by atoms with E-state index in [9.17, 15) is 23.6 Å². The predicted molar refractivity (Wildman–Crippen MR) is 161 cm³/mol. The van der Waals surface area contributed by atoms with Crippen molar-refractivity contribution >= 4 is 52.9 Å². The van der Waals surface area contributed by atoms with Crippen LogP contribution in [0.15, 0.2) is 114 Å². The molecule has 4 N–H and O–H groups in total. The van der Waals surface area contributed by atoms with E-state index in [4.69, 9.17) is 5.11 Å². The van der Waals surface area contributed by atoms with Crippen molar-refractivity contribution < 1.29 is 28.7 Å². The van der Waals surface area contributed by atoms with Crippen LogP contribution in [-0.2, 0) is 9.59 Å². The third kappa shape index (κ3) is 8.39. The van der Waals surface area contributed by atoms with Crippen LogP contribution in [0.3, 0.4) is 0 Å². The Labute approximate surface area is 245 Å². The second-order valence-electron chi connectivity index (χ2n) is 9.04. The number of thioether (sulfide) groups is 1. The highest BCUT2D eigenvalue weighted by Crippen LogP contribution is 2.27. The molecule has 0 heterocycles. The molecule has 0 saturated carbocycles. The molecular weight excluding hydrogens is 557 g/mol. The summed E-state index contributed by atoms with van der Waals surface area (Å²) in [7, 11) is 0. The first-order chi connectivity index (χ1) is 20.2. The molecule has 0 fully saturated rings. The van der Waals surface area contributed by atoms with E-state index in [1.807, 2.05) is 0 Å². The van der Waals surface area contributed by atoms with E-state index in [1.54, 1.807) is 61.5 Å². The molecule has 0 spiro atoms.